The van der Waals surface area contributed by atoms with E-state index in [1.807, 2.05) is 0 Å². The van der Waals surface area contributed by atoms with Crippen LogP contribution in [0, 0.1) is 10.1 Å². The van der Waals surface area contributed by atoms with E-state index in [9.17, 15) is 14.9 Å². The summed E-state index contributed by atoms with van der Waals surface area (Å²) in [5.74, 6) is -0.731. The predicted octanol–water partition coefficient (Wildman–Crippen LogP) is 1.43. The molecule has 0 aliphatic carbocycles. The minimum atomic E-state index is -1.24. The number of carboxylic acids is 1. The van der Waals surface area contributed by atoms with Gasteiger partial charge in [0.2, 0.25) is 0 Å². The molecule has 0 aromatic carbocycles. The van der Waals surface area contributed by atoms with E-state index in [-0.39, 0.29) is 16.3 Å². The van der Waals surface area contributed by atoms with Gasteiger partial charge in [0.15, 0.2) is 5.03 Å². The molecule has 1 N–H and O–H groups in total. The Balaban J connectivity index is 2.96. The average Bonchev–Trinajstić information content (AvgIpc) is 2.29. The van der Waals surface area contributed by atoms with Crippen molar-refractivity contribution in [2.75, 3.05) is 19.5 Å². The van der Waals surface area contributed by atoms with Crippen LogP contribution in [0.3, 0.4) is 0 Å². The fourth-order valence-corrected chi connectivity index (χ4v) is 1.87. The van der Waals surface area contributed by atoms with Crippen LogP contribution >= 0.6 is 11.8 Å². The van der Waals surface area contributed by atoms with E-state index in [1.165, 1.54) is 7.11 Å². The Morgan fingerprint density at radius 1 is 1.71 bits per heavy atom. The molecule has 0 fully saturated rings. The monoisotopic (exact) mass is 258 g/mol. The van der Waals surface area contributed by atoms with Crippen LogP contribution in [0.15, 0.2) is 17.3 Å². The van der Waals surface area contributed by atoms with Crippen molar-refractivity contribution in [1.29, 1.82) is 0 Å². The van der Waals surface area contributed by atoms with Gasteiger partial charge in [-0.3, -0.25) is 10.1 Å². The summed E-state index contributed by atoms with van der Waals surface area (Å²) in [6.07, 6.45) is 1.10. The zero-order chi connectivity index (χ0) is 12.8. The molecular formula is C9H10N2O5S. The summed E-state index contributed by atoms with van der Waals surface area (Å²) in [5.41, 5.74) is -0.501. The van der Waals surface area contributed by atoms with Crippen LogP contribution in [-0.4, -0.2) is 40.5 Å². The maximum Gasteiger partial charge on any atom is 0.337 e. The van der Waals surface area contributed by atoms with E-state index in [0.717, 1.165) is 24.0 Å². The van der Waals surface area contributed by atoms with E-state index in [0.29, 0.717) is 12.4 Å². The van der Waals surface area contributed by atoms with Gasteiger partial charge in [0.25, 0.3) is 0 Å². The SMILES string of the molecule is COCCSc1ncc(C(=O)O)cc1[N+](=O)[O-]. The Morgan fingerprint density at radius 2 is 2.41 bits per heavy atom. The number of thioether (sulfide) groups is 1. The molecule has 0 bridgehead atoms. The van der Waals surface area contributed by atoms with Gasteiger partial charge in [0, 0.05) is 25.1 Å². The van der Waals surface area contributed by atoms with Crippen molar-refractivity contribution in [3.05, 3.63) is 27.9 Å². The van der Waals surface area contributed by atoms with E-state index < -0.39 is 10.9 Å². The quantitative estimate of drug-likeness (QED) is 0.356. The third-order valence-corrected chi connectivity index (χ3v) is 2.76. The lowest BCUT2D eigenvalue weighted by atomic mass is 10.3. The first-order valence-electron chi connectivity index (χ1n) is 4.55. The Kier molecular flexibility index (Phi) is 4.85. The number of aromatic carboxylic acids is 1. The molecule has 0 atom stereocenters. The highest BCUT2D eigenvalue weighted by Crippen LogP contribution is 2.27. The second-order valence-electron chi connectivity index (χ2n) is 2.95. The van der Waals surface area contributed by atoms with Crippen LogP contribution in [0.2, 0.25) is 0 Å². The van der Waals surface area contributed by atoms with Gasteiger partial charge in [-0.25, -0.2) is 9.78 Å². The van der Waals surface area contributed by atoms with E-state index in [2.05, 4.69) is 4.98 Å². The fourth-order valence-electron chi connectivity index (χ4n) is 1.02. The molecule has 8 heteroatoms. The Labute approximate surface area is 101 Å². The molecule has 1 rings (SSSR count). The summed E-state index contributed by atoms with van der Waals surface area (Å²) in [6, 6.07) is 1.00. The highest BCUT2D eigenvalue weighted by Gasteiger charge is 2.18. The smallest absolute Gasteiger partial charge is 0.337 e. The van der Waals surface area contributed by atoms with Crippen molar-refractivity contribution in [2.45, 2.75) is 5.03 Å². The van der Waals surface area contributed by atoms with Crippen molar-refractivity contribution >= 4 is 23.4 Å². The first kappa shape index (κ1) is 13.4. The van der Waals surface area contributed by atoms with Gasteiger partial charge in [-0.15, -0.1) is 0 Å². The molecule has 1 heterocycles. The number of aromatic nitrogens is 1. The van der Waals surface area contributed by atoms with Crippen LogP contribution in [-0.2, 0) is 4.74 Å². The van der Waals surface area contributed by atoms with Gasteiger partial charge >= 0.3 is 11.7 Å². The van der Waals surface area contributed by atoms with E-state index in [1.54, 1.807) is 0 Å². The average molecular weight is 258 g/mol. The number of rotatable bonds is 6. The summed E-state index contributed by atoms with van der Waals surface area (Å²) in [4.78, 5) is 24.5. The van der Waals surface area contributed by atoms with Gasteiger partial charge in [0.1, 0.15) is 0 Å². The van der Waals surface area contributed by atoms with E-state index in [4.69, 9.17) is 9.84 Å². The molecule has 0 unspecified atom stereocenters. The first-order chi connectivity index (χ1) is 8.06. The minimum absolute atomic E-state index is 0.192. The van der Waals surface area contributed by atoms with Crippen molar-refractivity contribution < 1.29 is 19.6 Å². The molecule has 1 aromatic heterocycles. The number of nitro groups is 1. The molecule has 17 heavy (non-hydrogen) atoms. The summed E-state index contributed by atoms with van der Waals surface area (Å²) in [6.45, 7) is 0.435. The number of hydrogen-bond donors (Lipinski definition) is 1. The molecule has 0 spiro atoms. The Bertz CT molecular complexity index is 437. The minimum Gasteiger partial charge on any atom is -0.478 e. The number of hydrogen-bond acceptors (Lipinski definition) is 6. The van der Waals surface area contributed by atoms with Gasteiger partial charge in [0.05, 0.1) is 17.1 Å². The second kappa shape index (κ2) is 6.16. The van der Waals surface area contributed by atoms with Crippen LogP contribution < -0.4 is 0 Å². The fraction of sp³-hybridized carbons (Fsp3) is 0.333. The molecule has 1 aromatic rings. The zero-order valence-corrected chi connectivity index (χ0v) is 9.77. The first-order valence-corrected chi connectivity index (χ1v) is 5.54. The van der Waals surface area contributed by atoms with Crippen molar-refractivity contribution in [1.82, 2.24) is 4.98 Å². The molecule has 0 saturated heterocycles. The van der Waals surface area contributed by atoms with Crippen LogP contribution in [0.5, 0.6) is 0 Å². The lowest BCUT2D eigenvalue weighted by Gasteiger charge is -2.02. The van der Waals surface area contributed by atoms with Crippen LogP contribution in [0.4, 0.5) is 5.69 Å². The van der Waals surface area contributed by atoms with Crippen molar-refractivity contribution in [2.24, 2.45) is 0 Å². The van der Waals surface area contributed by atoms with E-state index >= 15 is 0 Å². The lowest BCUT2D eigenvalue weighted by molar-refractivity contribution is -0.388. The predicted molar refractivity (Wildman–Crippen MR) is 60.5 cm³/mol. The van der Waals surface area contributed by atoms with Crippen LogP contribution in [0.25, 0.3) is 0 Å². The molecule has 0 amide bonds. The highest BCUT2D eigenvalue weighted by molar-refractivity contribution is 7.99. The summed E-state index contributed by atoms with van der Waals surface area (Å²) in [7, 11) is 1.52. The normalized spacial score (nSPS) is 10.2. The molecular weight excluding hydrogens is 248 g/mol. The van der Waals surface area contributed by atoms with Gasteiger partial charge < -0.3 is 9.84 Å². The molecule has 92 valence electrons. The maximum absolute atomic E-state index is 10.8. The van der Waals surface area contributed by atoms with Crippen LogP contribution in [0.1, 0.15) is 10.4 Å². The van der Waals surface area contributed by atoms with Crippen molar-refractivity contribution in [3.8, 4) is 0 Å². The van der Waals surface area contributed by atoms with Gasteiger partial charge in [-0.2, -0.15) is 0 Å². The number of carbonyl (C=O) groups is 1. The third-order valence-electron chi connectivity index (χ3n) is 1.80. The molecule has 7 nitrogen and oxygen atoms in total. The molecule has 0 saturated carbocycles. The number of pyridine rings is 1. The number of methoxy groups -OCH3 is 1. The summed E-state index contributed by atoms with van der Waals surface area (Å²) < 4.78 is 4.81. The Morgan fingerprint density at radius 3 is 2.94 bits per heavy atom. The molecule has 0 aliphatic rings. The lowest BCUT2D eigenvalue weighted by Crippen LogP contribution is -2.02. The number of ether oxygens (including phenoxy) is 1. The topological polar surface area (TPSA) is 103 Å². The standard InChI is InChI=1S/C9H10N2O5S/c1-16-2-3-17-8-7(11(14)15)4-6(5-10-8)9(12)13/h4-5H,2-3H2,1H3,(H,12,13). The Hall–Kier alpha value is -1.67. The maximum atomic E-state index is 10.8. The number of nitrogens with zero attached hydrogens (tertiary/aromatic N) is 2. The second-order valence-corrected chi connectivity index (χ2v) is 4.04. The van der Waals surface area contributed by atoms with Crippen molar-refractivity contribution in [3.63, 3.8) is 0 Å². The molecule has 0 radical (unpaired) electrons. The summed E-state index contributed by atoms with van der Waals surface area (Å²) in [5, 5.41) is 19.7. The van der Waals surface area contributed by atoms with Gasteiger partial charge in [-0.1, -0.05) is 11.8 Å². The van der Waals surface area contributed by atoms with Gasteiger partial charge in [-0.05, 0) is 0 Å². The zero-order valence-electron chi connectivity index (χ0n) is 8.95. The number of carboxylic acid groups (broad SMARTS) is 1. The highest BCUT2D eigenvalue weighted by atomic mass is 32.2. The summed E-state index contributed by atoms with van der Waals surface area (Å²) >= 11 is 1.15. The molecule has 0 aliphatic heterocycles. The largest absolute Gasteiger partial charge is 0.478 e. The third kappa shape index (κ3) is 3.68.